The Kier molecular flexibility index (Phi) is 3.76. The highest BCUT2D eigenvalue weighted by molar-refractivity contribution is 6.31. The zero-order valence-corrected chi connectivity index (χ0v) is 11.2. The molecule has 4 nitrogen and oxygen atoms in total. The van der Waals surface area contributed by atoms with E-state index >= 15 is 0 Å². The summed E-state index contributed by atoms with van der Waals surface area (Å²) >= 11 is 6.30. The Morgan fingerprint density at radius 3 is 2.88 bits per heavy atom. The van der Waals surface area contributed by atoms with Gasteiger partial charge in [0.2, 0.25) is 0 Å². The lowest BCUT2D eigenvalue weighted by Gasteiger charge is -2.27. The summed E-state index contributed by atoms with van der Waals surface area (Å²) in [4.78, 5) is 0. The second kappa shape index (κ2) is 4.96. The molecule has 5 heteroatoms. The maximum atomic E-state index is 9.60. The van der Waals surface area contributed by atoms with Crippen LogP contribution in [0.5, 0.6) is 0 Å². The van der Waals surface area contributed by atoms with Crippen molar-refractivity contribution in [2.75, 3.05) is 13.2 Å². The predicted octanol–water partition coefficient (Wildman–Crippen LogP) is 1.52. The van der Waals surface area contributed by atoms with E-state index in [9.17, 15) is 5.11 Å². The molecule has 17 heavy (non-hydrogen) atoms. The molecule has 2 N–H and O–H groups in total. The van der Waals surface area contributed by atoms with Crippen molar-refractivity contribution in [3.63, 3.8) is 0 Å². The highest BCUT2D eigenvalue weighted by atomic mass is 35.5. The SMILES string of the molecule is CCn1nc(C)c(Cl)c1CC1(CO)CCCN1. The molecule has 1 fully saturated rings. The summed E-state index contributed by atoms with van der Waals surface area (Å²) < 4.78 is 1.94. The molecule has 1 aromatic rings. The van der Waals surface area contributed by atoms with Crippen molar-refractivity contribution < 1.29 is 5.11 Å². The second-order valence-corrected chi connectivity index (χ2v) is 5.19. The summed E-state index contributed by atoms with van der Waals surface area (Å²) in [5.74, 6) is 0. The number of rotatable bonds is 4. The molecule has 0 saturated carbocycles. The fraction of sp³-hybridized carbons (Fsp3) is 0.750. The van der Waals surface area contributed by atoms with Gasteiger partial charge in [-0.25, -0.2) is 0 Å². The van der Waals surface area contributed by atoms with E-state index in [0.717, 1.165) is 48.8 Å². The predicted molar refractivity (Wildman–Crippen MR) is 68.4 cm³/mol. The lowest BCUT2D eigenvalue weighted by Crippen LogP contribution is -2.46. The molecule has 0 bridgehead atoms. The van der Waals surface area contributed by atoms with E-state index in [1.54, 1.807) is 0 Å². The molecule has 96 valence electrons. The number of aryl methyl sites for hydroxylation is 2. The van der Waals surface area contributed by atoms with Crippen LogP contribution in [0.2, 0.25) is 5.02 Å². The molecule has 1 aromatic heterocycles. The van der Waals surface area contributed by atoms with Gasteiger partial charge in [-0.3, -0.25) is 4.68 Å². The van der Waals surface area contributed by atoms with Crippen molar-refractivity contribution in [3.05, 3.63) is 16.4 Å². The van der Waals surface area contributed by atoms with E-state index in [1.165, 1.54) is 0 Å². The minimum atomic E-state index is -0.205. The Labute approximate surface area is 107 Å². The van der Waals surface area contributed by atoms with E-state index in [2.05, 4.69) is 17.3 Å². The first-order valence-electron chi connectivity index (χ1n) is 6.19. The quantitative estimate of drug-likeness (QED) is 0.860. The van der Waals surface area contributed by atoms with Crippen LogP contribution in [-0.2, 0) is 13.0 Å². The lowest BCUT2D eigenvalue weighted by atomic mass is 9.92. The Morgan fingerprint density at radius 2 is 2.35 bits per heavy atom. The third-order valence-electron chi connectivity index (χ3n) is 3.59. The van der Waals surface area contributed by atoms with Crippen LogP contribution >= 0.6 is 11.6 Å². The van der Waals surface area contributed by atoms with Crippen LogP contribution in [0.3, 0.4) is 0 Å². The largest absolute Gasteiger partial charge is 0.394 e. The summed E-state index contributed by atoms with van der Waals surface area (Å²) in [7, 11) is 0. The maximum absolute atomic E-state index is 9.60. The van der Waals surface area contributed by atoms with Crippen molar-refractivity contribution >= 4 is 11.6 Å². The van der Waals surface area contributed by atoms with Crippen LogP contribution in [0, 0.1) is 6.92 Å². The van der Waals surface area contributed by atoms with Crippen LogP contribution in [0.15, 0.2) is 0 Å². The molecular formula is C12H20ClN3O. The minimum absolute atomic E-state index is 0.150. The first-order valence-corrected chi connectivity index (χ1v) is 6.57. The number of nitrogens with zero attached hydrogens (tertiary/aromatic N) is 2. The van der Waals surface area contributed by atoms with Gasteiger partial charge in [0.1, 0.15) is 0 Å². The van der Waals surface area contributed by atoms with Crippen molar-refractivity contribution in [2.45, 2.75) is 45.2 Å². The van der Waals surface area contributed by atoms with Gasteiger partial charge in [0.15, 0.2) is 0 Å². The number of aliphatic hydroxyl groups excluding tert-OH is 1. The Hall–Kier alpha value is -0.580. The highest BCUT2D eigenvalue weighted by Crippen LogP contribution is 2.29. The molecule has 2 heterocycles. The molecule has 1 aliphatic heterocycles. The van der Waals surface area contributed by atoms with Crippen LogP contribution in [0.4, 0.5) is 0 Å². The van der Waals surface area contributed by atoms with E-state index in [4.69, 9.17) is 11.6 Å². The van der Waals surface area contributed by atoms with Gasteiger partial charge in [-0.1, -0.05) is 11.6 Å². The summed E-state index contributed by atoms with van der Waals surface area (Å²) in [5.41, 5.74) is 1.70. The standard InChI is InChI=1S/C12H20ClN3O/c1-3-16-10(11(13)9(2)15-16)7-12(8-17)5-4-6-14-12/h14,17H,3-8H2,1-2H3. The number of hydrogen-bond acceptors (Lipinski definition) is 3. The van der Waals surface area contributed by atoms with Gasteiger partial charge in [-0.05, 0) is 33.2 Å². The zero-order chi connectivity index (χ0) is 12.5. The lowest BCUT2D eigenvalue weighted by molar-refractivity contribution is 0.175. The molecule has 0 aliphatic carbocycles. The van der Waals surface area contributed by atoms with Crippen LogP contribution < -0.4 is 5.32 Å². The molecule has 1 unspecified atom stereocenters. The number of aliphatic hydroxyl groups is 1. The summed E-state index contributed by atoms with van der Waals surface area (Å²) in [6.45, 7) is 5.91. The van der Waals surface area contributed by atoms with E-state index < -0.39 is 0 Å². The Balaban J connectivity index is 2.28. The van der Waals surface area contributed by atoms with Crippen molar-refractivity contribution in [1.82, 2.24) is 15.1 Å². The number of halogens is 1. The van der Waals surface area contributed by atoms with Gasteiger partial charge in [0, 0.05) is 18.5 Å². The van der Waals surface area contributed by atoms with Crippen molar-refractivity contribution in [2.24, 2.45) is 0 Å². The van der Waals surface area contributed by atoms with Gasteiger partial charge >= 0.3 is 0 Å². The first kappa shape index (κ1) is 12.9. The molecule has 1 atom stereocenters. The fourth-order valence-electron chi connectivity index (χ4n) is 2.57. The van der Waals surface area contributed by atoms with E-state index in [1.807, 2.05) is 11.6 Å². The third kappa shape index (κ3) is 2.34. The molecule has 0 aromatic carbocycles. The third-order valence-corrected chi connectivity index (χ3v) is 4.09. The van der Waals surface area contributed by atoms with Crippen LogP contribution in [0.1, 0.15) is 31.2 Å². The Bertz CT molecular complexity index is 397. The molecule has 2 rings (SSSR count). The van der Waals surface area contributed by atoms with Gasteiger partial charge < -0.3 is 10.4 Å². The van der Waals surface area contributed by atoms with Gasteiger partial charge in [-0.2, -0.15) is 5.10 Å². The Morgan fingerprint density at radius 1 is 1.59 bits per heavy atom. The normalized spacial score (nSPS) is 24.5. The van der Waals surface area contributed by atoms with Gasteiger partial charge in [0.25, 0.3) is 0 Å². The molecule has 0 spiro atoms. The zero-order valence-electron chi connectivity index (χ0n) is 10.5. The minimum Gasteiger partial charge on any atom is -0.394 e. The first-order chi connectivity index (χ1) is 8.12. The smallest absolute Gasteiger partial charge is 0.0847 e. The van der Waals surface area contributed by atoms with Crippen molar-refractivity contribution in [1.29, 1.82) is 0 Å². The van der Waals surface area contributed by atoms with E-state index in [-0.39, 0.29) is 12.1 Å². The van der Waals surface area contributed by atoms with Gasteiger partial charge in [0.05, 0.1) is 23.0 Å². The average Bonchev–Trinajstić information content (AvgIpc) is 2.90. The average molecular weight is 258 g/mol. The second-order valence-electron chi connectivity index (χ2n) is 4.81. The molecule has 0 radical (unpaired) electrons. The van der Waals surface area contributed by atoms with Crippen LogP contribution in [0.25, 0.3) is 0 Å². The molecule has 0 amide bonds. The van der Waals surface area contributed by atoms with Gasteiger partial charge in [-0.15, -0.1) is 0 Å². The summed E-state index contributed by atoms with van der Waals surface area (Å²) in [6.07, 6.45) is 2.85. The molecular weight excluding hydrogens is 238 g/mol. The summed E-state index contributed by atoms with van der Waals surface area (Å²) in [6, 6.07) is 0. The fourth-order valence-corrected chi connectivity index (χ4v) is 2.77. The van der Waals surface area contributed by atoms with Crippen LogP contribution in [-0.4, -0.2) is 33.6 Å². The topological polar surface area (TPSA) is 50.1 Å². The summed E-state index contributed by atoms with van der Waals surface area (Å²) in [5, 5.41) is 18.2. The van der Waals surface area contributed by atoms with Crippen molar-refractivity contribution in [3.8, 4) is 0 Å². The maximum Gasteiger partial charge on any atom is 0.0847 e. The monoisotopic (exact) mass is 257 g/mol. The number of hydrogen-bond donors (Lipinski definition) is 2. The highest BCUT2D eigenvalue weighted by Gasteiger charge is 2.35. The molecule has 1 saturated heterocycles. The molecule has 1 aliphatic rings. The number of nitrogens with one attached hydrogen (secondary N) is 1. The van der Waals surface area contributed by atoms with E-state index in [0.29, 0.717) is 0 Å². The number of aromatic nitrogens is 2.